The van der Waals surface area contributed by atoms with Crippen LogP contribution in [0, 0.1) is 0 Å². The minimum absolute atomic E-state index is 0.0373. The second-order valence-electron chi connectivity index (χ2n) is 4.54. The van der Waals surface area contributed by atoms with Gasteiger partial charge >= 0.3 is 0 Å². The number of carbonyl (C=O) groups excluding carboxylic acids is 2. The van der Waals surface area contributed by atoms with Gasteiger partial charge in [-0.25, -0.2) is 0 Å². The second kappa shape index (κ2) is 9.28. The number of thioether (sulfide) groups is 1. The molecule has 3 N–H and O–H groups in total. The summed E-state index contributed by atoms with van der Waals surface area (Å²) in [5.41, 5.74) is 6.02. The highest BCUT2D eigenvalue weighted by molar-refractivity contribution is 7.99. The molecule has 1 unspecified atom stereocenters. The van der Waals surface area contributed by atoms with E-state index in [0.717, 1.165) is 17.7 Å². The summed E-state index contributed by atoms with van der Waals surface area (Å²) >= 11 is 1.37. The Morgan fingerprint density at radius 1 is 1.38 bits per heavy atom. The maximum absolute atomic E-state index is 11.9. The number of primary amides is 1. The van der Waals surface area contributed by atoms with Crippen molar-refractivity contribution in [3.8, 4) is 5.75 Å². The molecular formula is C15H22N2O3S. The number of hydrogen-bond donors (Lipinski definition) is 2. The summed E-state index contributed by atoms with van der Waals surface area (Å²) in [4.78, 5) is 22.6. The first-order valence-corrected chi connectivity index (χ1v) is 8.02. The monoisotopic (exact) mass is 310 g/mol. The van der Waals surface area contributed by atoms with Crippen LogP contribution in [0.1, 0.15) is 31.4 Å². The summed E-state index contributed by atoms with van der Waals surface area (Å²) in [5, 5.41) is 3.00. The number of ether oxygens (including phenoxy) is 1. The number of benzene rings is 1. The third-order valence-corrected chi connectivity index (χ3v) is 3.96. The molecule has 116 valence electrons. The largest absolute Gasteiger partial charge is 0.496 e. The first kappa shape index (κ1) is 17.4. The fourth-order valence-corrected chi connectivity index (χ4v) is 2.63. The zero-order valence-electron chi connectivity index (χ0n) is 12.4. The maximum atomic E-state index is 11.9. The van der Waals surface area contributed by atoms with E-state index in [9.17, 15) is 9.59 Å². The van der Waals surface area contributed by atoms with Crippen molar-refractivity contribution >= 4 is 23.6 Å². The van der Waals surface area contributed by atoms with Crippen LogP contribution < -0.4 is 15.8 Å². The number of carbonyl (C=O) groups is 2. The van der Waals surface area contributed by atoms with Crippen LogP contribution in [-0.2, 0) is 9.59 Å². The van der Waals surface area contributed by atoms with Crippen molar-refractivity contribution in [2.24, 2.45) is 5.73 Å². The molecule has 6 heteroatoms. The molecule has 21 heavy (non-hydrogen) atoms. The van der Waals surface area contributed by atoms with Gasteiger partial charge in [-0.15, -0.1) is 0 Å². The van der Waals surface area contributed by atoms with Gasteiger partial charge in [-0.2, -0.15) is 11.8 Å². The Hall–Kier alpha value is -1.69. The summed E-state index contributed by atoms with van der Waals surface area (Å²) in [7, 11) is 1.62. The van der Waals surface area contributed by atoms with E-state index in [1.54, 1.807) is 7.11 Å². The highest BCUT2D eigenvalue weighted by atomic mass is 32.2. The predicted molar refractivity (Wildman–Crippen MR) is 85.3 cm³/mol. The van der Waals surface area contributed by atoms with Gasteiger partial charge in [0.25, 0.3) is 0 Å². The maximum Gasteiger partial charge on any atom is 0.227 e. The van der Waals surface area contributed by atoms with Gasteiger partial charge in [0.15, 0.2) is 0 Å². The van der Waals surface area contributed by atoms with E-state index in [1.165, 1.54) is 11.8 Å². The van der Waals surface area contributed by atoms with Gasteiger partial charge in [0, 0.05) is 17.7 Å². The molecule has 0 saturated heterocycles. The molecule has 0 spiro atoms. The van der Waals surface area contributed by atoms with Gasteiger partial charge in [-0.1, -0.05) is 25.1 Å². The number of nitrogens with two attached hydrogens (primary N) is 1. The van der Waals surface area contributed by atoms with Gasteiger partial charge < -0.3 is 15.8 Å². The Kier molecular flexibility index (Phi) is 7.68. The van der Waals surface area contributed by atoms with E-state index in [-0.39, 0.29) is 23.6 Å². The lowest BCUT2D eigenvalue weighted by molar-refractivity contribution is -0.121. The zero-order valence-corrected chi connectivity index (χ0v) is 13.2. The second-order valence-corrected chi connectivity index (χ2v) is 5.64. The van der Waals surface area contributed by atoms with Crippen molar-refractivity contribution in [3.63, 3.8) is 0 Å². The van der Waals surface area contributed by atoms with E-state index >= 15 is 0 Å². The van der Waals surface area contributed by atoms with Gasteiger partial charge in [0.05, 0.1) is 18.9 Å². The summed E-state index contributed by atoms with van der Waals surface area (Å²) in [6.45, 7) is 2.01. The van der Waals surface area contributed by atoms with Crippen molar-refractivity contribution in [2.45, 2.75) is 25.8 Å². The predicted octanol–water partition coefficient (Wildman–Crippen LogP) is 1.87. The molecule has 1 aromatic rings. The molecule has 0 aliphatic rings. The van der Waals surface area contributed by atoms with Crippen LogP contribution in [0.15, 0.2) is 24.3 Å². The molecule has 0 saturated carbocycles. The van der Waals surface area contributed by atoms with Crippen molar-refractivity contribution in [1.29, 1.82) is 0 Å². The molecule has 0 fully saturated rings. The number of amides is 2. The van der Waals surface area contributed by atoms with Crippen LogP contribution in [-0.4, -0.2) is 30.4 Å². The SMILES string of the molecule is CCC(NC(=O)CCSCC(N)=O)c1ccccc1OC. The molecule has 2 amide bonds. The number of hydrogen-bond acceptors (Lipinski definition) is 4. The number of nitrogens with one attached hydrogen (secondary N) is 1. The third-order valence-electron chi connectivity index (χ3n) is 2.98. The van der Waals surface area contributed by atoms with Crippen molar-refractivity contribution in [3.05, 3.63) is 29.8 Å². The van der Waals surface area contributed by atoms with E-state index < -0.39 is 0 Å². The van der Waals surface area contributed by atoms with Gasteiger partial charge in [-0.05, 0) is 12.5 Å². The lowest BCUT2D eigenvalue weighted by Crippen LogP contribution is -2.28. The fourth-order valence-electron chi connectivity index (χ4n) is 1.96. The quantitative estimate of drug-likeness (QED) is 0.682. The van der Waals surface area contributed by atoms with Crippen LogP contribution in [0.25, 0.3) is 0 Å². The highest BCUT2D eigenvalue weighted by Crippen LogP contribution is 2.26. The number of rotatable bonds is 9. The Bertz CT molecular complexity index is 480. The standard InChI is InChI=1S/C15H22N2O3S/c1-3-12(11-6-4-5-7-13(11)20-2)17-15(19)8-9-21-10-14(16)18/h4-7,12H,3,8-10H2,1-2H3,(H2,16,18)(H,17,19). The van der Waals surface area contributed by atoms with Crippen molar-refractivity contribution in [1.82, 2.24) is 5.32 Å². The zero-order chi connectivity index (χ0) is 15.7. The first-order chi connectivity index (χ1) is 10.1. The molecule has 1 atom stereocenters. The lowest BCUT2D eigenvalue weighted by atomic mass is 10.0. The molecule has 1 aromatic carbocycles. The Labute approximate surface area is 129 Å². The third kappa shape index (κ3) is 6.08. The molecule has 0 heterocycles. The Morgan fingerprint density at radius 2 is 2.10 bits per heavy atom. The molecule has 5 nitrogen and oxygen atoms in total. The lowest BCUT2D eigenvalue weighted by Gasteiger charge is -2.19. The van der Waals surface area contributed by atoms with Crippen molar-refractivity contribution < 1.29 is 14.3 Å². The van der Waals surface area contributed by atoms with E-state index in [4.69, 9.17) is 10.5 Å². The Balaban J connectivity index is 2.53. The minimum atomic E-state index is -0.360. The fraction of sp³-hybridized carbons (Fsp3) is 0.467. The van der Waals surface area contributed by atoms with Crippen LogP contribution in [0.3, 0.4) is 0 Å². The Morgan fingerprint density at radius 3 is 2.71 bits per heavy atom. The molecule has 0 bridgehead atoms. The van der Waals surface area contributed by atoms with E-state index in [0.29, 0.717) is 12.2 Å². The topological polar surface area (TPSA) is 81.4 Å². The number of methoxy groups -OCH3 is 1. The summed E-state index contributed by atoms with van der Waals surface area (Å²) < 4.78 is 5.33. The van der Waals surface area contributed by atoms with Crippen LogP contribution in [0.2, 0.25) is 0 Å². The average Bonchev–Trinajstić information content (AvgIpc) is 2.49. The van der Waals surface area contributed by atoms with Crippen LogP contribution in [0.4, 0.5) is 0 Å². The molecule has 1 rings (SSSR count). The van der Waals surface area contributed by atoms with Crippen LogP contribution >= 0.6 is 11.8 Å². The summed E-state index contributed by atoms with van der Waals surface area (Å²) in [6, 6.07) is 7.59. The molecule has 0 aliphatic heterocycles. The minimum Gasteiger partial charge on any atom is -0.496 e. The van der Waals surface area contributed by atoms with Gasteiger partial charge in [0.2, 0.25) is 11.8 Å². The van der Waals surface area contributed by atoms with Gasteiger partial charge in [-0.3, -0.25) is 9.59 Å². The van der Waals surface area contributed by atoms with E-state index in [1.807, 2.05) is 31.2 Å². The first-order valence-electron chi connectivity index (χ1n) is 6.86. The van der Waals surface area contributed by atoms with E-state index in [2.05, 4.69) is 5.32 Å². The number of para-hydroxylation sites is 1. The smallest absolute Gasteiger partial charge is 0.227 e. The molecule has 0 aliphatic carbocycles. The van der Waals surface area contributed by atoms with Crippen molar-refractivity contribution in [2.75, 3.05) is 18.6 Å². The van der Waals surface area contributed by atoms with Crippen LogP contribution in [0.5, 0.6) is 5.75 Å². The van der Waals surface area contributed by atoms with Gasteiger partial charge in [0.1, 0.15) is 5.75 Å². The molecule has 0 aromatic heterocycles. The summed E-state index contributed by atoms with van der Waals surface area (Å²) in [6.07, 6.45) is 1.14. The molecule has 0 radical (unpaired) electrons. The highest BCUT2D eigenvalue weighted by Gasteiger charge is 2.16. The average molecular weight is 310 g/mol. The normalized spacial score (nSPS) is 11.7. The molecular weight excluding hydrogens is 288 g/mol. The summed E-state index contributed by atoms with van der Waals surface area (Å²) in [5.74, 6) is 1.20.